The molecule has 0 amide bonds. The zero-order valence-corrected chi connectivity index (χ0v) is 11.8. The maximum Gasteiger partial charge on any atom is 0.0186 e. The van der Waals surface area contributed by atoms with E-state index in [4.69, 9.17) is 0 Å². The Hall–Kier alpha value is 0.270. The molecule has 4 atom stereocenters. The summed E-state index contributed by atoms with van der Waals surface area (Å²) >= 11 is 2.16. The molecule has 3 saturated heterocycles. The predicted octanol–water partition coefficient (Wildman–Crippen LogP) is 2.49. The first-order valence-electron chi connectivity index (χ1n) is 7.44. The molecule has 0 aliphatic carbocycles. The van der Waals surface area contributed by atoms with Gasteiger partial charge in [0.05, 0.1) is 0 Å². The first-order chi connectivity index (χ1) is 8.33. The third kappa shape index (κ3) is 2.82. The van der Waals surface area contributed by atoms with Crippen LogP contribution in [0.4, 0.5) is 0 Å². The second-order valence-electron chi connectivity index (χ2n) is 6.04. The highest BCUT2D eigenvalue weighted by atomic mass is 32.2. The number of nitrogens with one attached hydrogen (secondary N) is 1. The average Bonchev–Trinajstić information content (AvgIpc) is 2.79. The molecular weight excluding hydrogens is 228 g/mol. The number of nitrogens with zero attached hydrogens (tertiary/aromatic N) is 1. The third-order valence-corrected chi connectivity index (χ3v) is 6.26. The number of piperidine rings is 1. The fraction of sp³-hybridized carbons (Fsp3) is 1.00. The largest absolute Gasteiger partial charge is 0.310 e. The van der Waals surface area contributed by atoms with Crippen LogP contribution in [0.15, 0.2) is 0 Å². The van der Waals surface area contributed by atoms with E-state index in [0.29, 0.717) is 0 Å². The number of rotatable bonds is 2. The molecule has 3 aliphatic heterocycles. The van der Waals surface area contributed by atoms with Crippen molar-refractivity contribution in [2.24, 2.45) is 0 Å². The molecule has 3 fully saturated rings. The van der Waals surface area contributed by atoms with Gasteiger partial charge in [-0.25, -0.2) is 0 Å². The molecule has 3 heteroatoms. The van der Waals surface area contributed by atoms with Crippen molar-refractivity contribution in [3.63, 3.8) is 0 Å². The Bertz CT molecular complexity index is 259. The molecule has 4 unspecified atom stereocenters. The van der Waals surface area contributed by atoms with Crippen molar-refractivity contribution in [1.82, 2.24) is 10.2 Å². The summed E-state index contributed by atoms with van der Waals surface area (Å²) in [6, 6.07) is 2.50. The van der Waals surface area contributed by atoms with Crippen LogP contribution >= 0.6 is 11.8 Å². The molecule has 17 heavy (non-hydrogen) atoms. The standard InChI is InChI=1S/C14H26N2S/c1-11-14(5-3-9-17-11)15-12-6-8-16-7-2-4-13(16)10-12/h11-15H,2-10H2,1H3. The van der Waals surface area contributed by atoms with E-state index in [2.05, 4.69) is 28.9 Å². The first-order valence-corrected chi connectivity index (χ1v) is 8.49. The molecule has 1 N–H and O–H groups in total. The molecular formula is C14H26N2S. The molecule has 0 bridgehead atoms. The van der Waals surface area contributed by atoms with Crippen molar-refractivity contribution in [1.29, 1.82) is 0 Å². The lowest BCUT2D eigenvalue weighted by molar-refractivity contribution is 0.159. The molecule has 0 spiro atoms. The van der Waals surface area contributed by atoms with Crippen molar-refractivity contribution in [3.8, 4) is 0 Å². The van der Waals surface area contributed by atoms with Crippen LogP contribution in [0.2, 0.25) is 0 Å². The summed E-state index contributed by atoms with van der Waals surface area (Å²) in [5, 5.41) is 4.80. The Morgan fingerprint density at radius 3 is 2.94 bits per heavy atom. The topological polar surface area (TPSA) is 15.3 Å². The van der Waals surface area contributed by atoms with E-state index in [1.54, 1.807) is 0 Å². The van der Waals surface area contributed by atoms with Crippen molar-refractivity contribution in [3.05, 3.63) is 0 Å². The molecule has 3 aliphatic rings. The maximum absolute atomic E-state index is 3.97. The molecule has 0 aromatic heterocycles. The minimum atomic E-state index is 0.784. The third-order valence-electron chi connectivity index (χ3n) is 4.88. The lowest BCUT2D eigenvalue weighted by Gasteiger charge is -2.39. The van der Waals surface area contributed by atoms with Crippen molar-refractivity contribution in [2.75, 3.05) is 18.8 Å². The van der Waals surface area contributed by atoms with Gasteiger partial charge in [-0.05, 0) is 57.4 Å². The number of fused-ring (bicyclic) bond motifs is 1. The molecule has 3 heterocycles. The minimum Gasteiger partial charge on any atom is -0.310 e. The molecule has 98 valence electrons. The van der Waals surface area contributed by atoms with Gasteiger partial charge in [-0.1, -0.05) is 6.92 Å². The van der Waals surface area contributed by atoms with E-state index >= 15 is 0 Å². The van der Waals surface area contributed by atoms with Crippen LogP contribution in [-0.2, 0) is 0 Å². The molecule has 3 rings (SSSR count). The smallest absolute Gasteiger partial charge is 0.0186 e. The molecule has 0 aromatic rings. The van der Waals surface area contributed by atoms with Gasteiger partial charge < -0.3 is 10.2 Å². The van der Waals surface area contributed by atoms with E-state index in [-0.39, 0.29) is 0 Å². The van der Waals surface area contributed by atoms with Crippen LogP contribution in [0, 0.1) is 0 Å². The molecule has 0 radical (unpaired) electrons. The number of hydrogen-bond acceptors (Lipinski definition) is 3. The zero-order valence-electron chi connectivity index (χ0n) is 11.0. The highest BCUT2D eigenvalue weighted by Crippen LogP contribution is 2.30. The quantitative estimate of drug-likeness (QED) is 0.815. The first kappa shape index (κ1) is 12.3. The number of thioether (sulfide) groups is 1. The van der Waals surface area contributed by atoms with Crippen LogP contribution < -0.4 is 5.32 Å². The van der Waals surface area contributed by atoms with Crippen LogP contribution in [-0.4, -0.2) is 47.1 Å². The lowest BCUT2D eigenvalue weighted by Crippen LogP contribution is -2.51. The van der Waals surface area contributed by atoms with Crippen LogP contribution in [0.3, 0.4) is 0 Å². The monoisotopic (exact) mass is 254 g/mol. The second kappa shape index (κ2) is 5.50. The van der Waals surface area contributed by atoms with Gasteiger partial charge in [-0.15, -0.1) is 0 Å². The Morgan fingerprint density at radius 2 is 2.06 bits per heavy atom. The summed E-state index contributed by atoms with van der Waals surface area (Å²) in [5.74, 6) is 1.38. The van der Waals surface area contributed by atoms with Crippen molar-refractivity contribution >= 4 is 11.8 Å². The highest BCUT2D eigenvalue weighted by molar-refractivity contribution is 7.99. The van der Waals surface area contributed by atoms with Gasteiger partial charge in [0.25, 0.3) is 0 Å². The second-order valence-corrected chi connectivity index (χ2v) is 7.53. The normalized spacial score (nSPS) is 43.6. The Labute approximate surface area is 110 Å². The van der Waals surface area contributed by atoms with E-state index in [0.717, 1.165) is 23.4 Å². The zero-order chi connectivity index (χ0) is 11.7. The predicted molar refractivity (Wildman–Crippen MR) is 75.7 cm³/mol. The van der Waals surface area contributed by atoms with Gasteiger partial charge in [0, 0.05) is 23.4 Å². The molecule has 0 aromatic carbocycles. The fourth-order valence-corrected chi connectivity index (χ4v) is 4.97. The van der Waals surface area contributed by atoms with Gasteiger partial charge in [0.2, 0.25) is 0 Å². The Morgan fingerprint density at radius 1 is 1.12 bits per heavy atom. The van der Waals surface area contributed by atoms with E-state index in [1.807, 2.05) is 0 Å². The van der Waals surface area contributed by atoms with E-state index < -0.39 is 0 Å². The van der Waals surface area contributed by atoms with E-state index in [1.165, 1.54) is 57.4 Å². The van der Waals surface area contributed by atoms with Crippen LogP contribution in [0.5, 0.6) is 0 Å². The van der Waals surface area contributed by atoms with Gasteiger partial charge in [0.15, 0.2) is 0 Å². The Balaban J connectivity index is 1.51. The summed E-state index contributed by atoms with van der Waals surface area (Å²) in [5.41, 5.74) is 0. The lowest BCUT2D eigenvalue weighted by atomic mass is 9.95. The van der Waals surface area contributed by atoms with Crippen molar-refractivity contribution in [2.45, 2.75) is 68.8 Å². The summed E-state index contributed by atoms with van der Waals surface area (Å²) < 4.78 is 0. The summed E-state index contributed by atoms with van der Waals surface area (Å²) in [6.07, 6.45) is 8.49. The highest BCUT2D eigenvalue weighted by Gasteiger charge is 2.33. The SMILES string of the molecule is CC1SCCCC1NC1CCN2CCCC2C1. The van der Waals surface area contributed by atoms with Crippen LogP contribution in [0.1, 0.15) is 45.4 Å². The van der Waals surface area contributed by atoms with Crippen LogP contribution in [0.25, 0.3) is 0 Å². The summed E-state index contributed by atoms with van der Waals surface area (Å²) in [7, 11) is 0. The maximum atomic E-state index is 3.97. The average molecular weight is 254 g/mol. The van der Waals surface area contributed by atoms with E-state index in [9.17, 15) is 0 Å². The minimum absolute atomic E-state index is 0.784. The molecule has 0 saturated carbocycles. The summed E-state index contributed by atoms with van der Waals surface area (Å²) in [4.78, 5) is 2.72. The fourth-order valence-electron chi connectivity index (χ4n) is 3.82. The van der Waals surface area contributed by atoms with Gasteiger partial charge in [-0.2, -0.15) is 11.8 Å². The van der Waals surface area contributed by atoms with Gasteiger partial charge in [0.1, 0.15) is 0 Å². The van der Waals surface area contributed by atoms with Gasteiger partial charge >= 0.3 is 0 Å². The Kier molecular flexibility index (Phi) is 3.98. The summed E-state index contributed by atoms with van der Waals surface area (Å²) in [6.45, 7) is 5.12. The number of hydrogen-bond donors (Lipinski definition) is 1. The molecule has 2 nitrogen and oxygen atoms in total. The van der Waals surface area contributed by atoms with Crippen molar-refractivity contribution < 1.29 is 0 Å². The van der Waals surface area contributed by atoms with Gasteiger partial charge in [-0.3, -0.25) is 0 Å².